The maximum atomic E-state index is 13.3. The number of carbonyl (C=O) groups excluding carboxylic acids is 1. The predicted molar refractivity (Wildman–Crippen MR) is 159 cm³/mol. The number of hydrogen-bond acceptors (Lipinski definition) is 4. The monoisotopic (exact) mass is 537 g/mol. The van der Waals surface area contributed by atoms with Crippen molar-refractivity contribution in [3.63, 3.8) is 0 Å². The van der Waals surface area contributed by atoms with Gasteiger partial charge in [0.15, 0.2) is 5.78 Å². The molecule has 0 aliphatic rings. The lowest BCUT2D eigenvalue weighted by Gasteiger charge is -2.25. The molecule has 1 aromatic heterocycles. The molecule has 5 aromatic rings. The summed E-state index contributed by atoms with van der Waals surface area (Å²) >= 11 is 0. The lowest BCUT2D eigenvalue weighted by Crippen LogP contribution is -2.32. The third-order valence-corrected chi connectivity index (χ3v) is 8.10. The van der Waals surface area contributed by atoms with Crippen molar-refractivity contribution in [2.75, 3.05) is 17.1 Å². The third kappa shape index (κ3) is 5.52. The van der Waals surface area contributed by atoms with Gasteiger partial charge in [0.1, 0.15) is 11.3 Å². The summed E-state index contributed by atoms with van der Waals surface area (Å²) in [6.07, 6.45) is 2.10. The van der Waals surface area contributed by atoms with Gasteiger partial charge in [0.2, 0.25) is 10.0 Å². The van der Waals surface area contributed by atoms with E-state index >= 15 is 0 Å². The van der Waals surface area contributed by atoms with Gasteiger partial charge in [-0.1, -0.05) is 97.4 Å². The molecule has 0 bridgehead atoms. The summed E-state index contributed by atoms with van der Waals surface area (Å²) in [6.45, 7) is 4.11. The fourth-order valence-electron chi connectivity index (χ4n) is 4.89. The Labute approximate surface area is 229 Å². The van der Waals surface area contributed by atoms with Gasteiger partial charge in [-0.15, -0.1) is 0 Å². The molecule has 5 nitrogen and oxygen atoms in total. The van der Waals surface area contributed by atoms with Gasteiger partial charge in [0.05, 0.1) is 17.5 Å². The summed E-state index contributed by atoms with van der Waals surface area (Å²) in [4.78, 5) is 13.3. The van der Waals surface area contributed by atoms with Crippen LogP contribution in [-0.2, 0) is 16.4 Å². The van der Waals surface area contributed by atoms with Crippen LogP contribution in [0.4, 0.5) is 5.69 Å². The summed E-state index contributed by atoms with van der Waals surface area (Å²) in [6, 6.07) is 31.0. The Hall–Kier alpha value is -4.16. The second kappa shape index (κ2) is 10.9. The smallest absolute Gasteiger partial charge is 0.232 e. The Morgan fingerprint density at radius 1 is 0.846 bits per heavy atom. The molecule has 6 heteroatoms. The van der Waals surface area contributed by atoms with E-state index in [0.717, 1.165) is 27.8 Å². The largest absolute Gasteiger partial charge is 0.455 e. The molecule has 0 atom stereocenters. The molecule has 0 aliphatic carbocycles. The Bertz CT molecular complexity index is 1720. The predicted octanol–water partition coefficient (Wildman–Crippen LogP) is 7.68. The molecule has 0 spiro atoms. The second-order valence-electron chi connectivity index (χ2n) is 9.75. The Balaban J connectivity index is 1.75. The number of Topliss-reactive ketones (excluding diaryl/α,β-unsaturated/α-hetero) is 1. The number of fused-ring (bicyclic) bond motifs is 1. The van der Waals surface area contributed by atoms with Crippen molar-refractivity contribution in [2.24, 2.45) is 0 Å². The van der Waals surface area contributed by atoms with Crippen LogP contribution < -0.4 is 4.31 Å². The summed E-state index contributed by atoms with van der Waals surface area (Å²) < 4.78 is 34.2. The van der Waals surface area contributed by atoms with E-state index in [9.17, 15) is 13.2 Å². The molecule has 5 rings (SSSR count). The molecule has 0 radical (unpaired) electrons. The number of nitrogens with zero attached hydrogens (tertiary/aromatic N) is 1. The van der Waals surface area contributed by atoms with Crippen LogP contribution in [-0.4, -0.2) is 27.0 Å². The van der Waals surface area contributed by atoms with Crippen molar-refractivity contribution in [1.29, 1.82) is 0 Å². The first-order valence-electron chi connectivity index (χ1n) is 13.0. The van der Waals surface area contributed by atoms with E-state index in [2.05, 4.69) is 0 Å². The molecule has 0 aliphatic heterocycles. The van der Waals surface area contributed by atoms with Crippen molar-refractivity contribution in [3.05, 3.63) is 114 Å². The Morgan fingerprint density at radius 3 is 2.10 bits per heavy atom. The molecule has 0 saturated carbocycles. The number of anilines is 1. The average Bonchev–Trinajstić information content (AvgIpc) is 3.31. The van der Waals surface area contributed by atoms with Gasteiger partial charge in [-0.05, 0) is 30.5 Å². The van der Waals surface area contributed by atoms with Gasteiger partial charge in [0, 0.05) is 35.5 Å². The zero-order chi connectivity index (χ0) is 27.6. The SMILES string of the molecule is CCC(=O)c1c(-c2ccc(C)cc2)oc2cc(N(CCc3ccccc3)S(C)(=O)=O)c(-c3ccccc3)cc12. The summed E-state index contributed by atoms with van der Waals surface area (Å²) in [7, 11) is -3.64. The highest BCUT2D eigenvalue weighted by atomic mass is 32.2. The highest BCUT2D eigenvalue weighted by Crippen LogP contribution is 2.42. The standard InChI is InChI=1S/C33H31NO4S/c1-4-30(35)32-28-21-27(25-13-9-6-10-14-25)29(22-31(28)38-33(32)26-17-15-23(2)16-18-26)34(39(3,36)37)20-19-24-11-7-5-8-12-24/h5-18,21-22H,4,19-20H2,1-3H3. The minimum atomic E-state index is -3.64. The fraction of sp³-hybridized carbons (Fsp3) is 0.182. The molecule has 39 heavy (non-hydrogen) atoms. The van der Waals surface area contributed by atoms with Crippen LogP contribution in [0.1, 0.15) is 34.8 Å². The van der Waals surface area contributed by atoms with Crippen molar-refractivity contribution in [2.45, 2.75) is 26.7 Å². The summed E-state index contributed by atoms with van der Waals surface area (Å²) in [5.41, 5.74) is 6.06. The summed E-state index contributed by atoms with van der Waals surface area (Å²) in [5, 5.41) is 0.677. The van der Waals surface area contributed by atoms with Gasteiger partial charge in [0.25, 0.3) is 0 Å². The van der Waals surface area contributed by atoms with Crippen molar-refractivity contribution in [1.82, 2.24) is 0 Å². The van der Waals surface area contributed by atoms with Crippen LogP contribution >= 0.6 is 0 Å². The fourth-order valence-corrected chi connectivity index (χ4v) is 5.82. The molecule has 0 amide bonds. The van der Waals surface area contributed by atoms with E-state index in [1.165, 1.54) is 10.6 Å². The summed E-state index contributed by atoms with van der Waals surface area (Å²) in [5.74, 6) is 0.475. The quantitative estimate of drug-likeness (QED) is 0.181. The van der Waals surface area contributed by atoms with E-state index in [1.807, 2.05) is 105 Å². The molecule has 1 heterocycles. The highest BCUT2D eigenvalue weighted by molar-refractivity contribution is 7.92. The van der Waals surface area contributed by atoms with E-state index < -0.39 is 10.0 Å². The van der Waals surface area contributed by atoms with Crippen molar-refractivity contribution in [3.8, 4) is 22.5 Å². The van der Waals surface area contributed by atoms with E-state index in [0.29, 0.717) is 40.8 Å². The molecule has 4 aromatic carbocycles. The first-order valence-corrected chi connectivity index (χ1v) is 14.9. The van der Waals surface area contributed by atoms with Gasteiger partial charge in [-0.25, -0.2) is 8.42 Å². The normalized spacial score (nSPS) is 11.6. The molecule has 0 fully saturated rings. The maximum absolute atomic E-state index is 13.3. The first kappa shape index (κ1) is 26.4. The molecule has 0 N–H and O–H groups in total. The number of aryl methyl sites for hydroxylation is 1. The number of benzene rings is 4. The molecule has 198 valence electrons. The van der Waals surface area contributed by atoms with Crippen LogP contribution in [0, 0.1) is 6.92 Å². The zero-order valence-corrected chi connectivity index (χ0v) is 23.2. The van der Waals surface area contributed by atoms with Crippen LogP contribution in [0.2, 0.25) is 0 Å². The number of ketones is 1. The lowest BCUT2D eigenvalue weighted by atomic mass is 9.96. The van der Waals surface area contributed by atoms with E-state index in [-0.39, 0.29) is 12.3 Å². The number of furan rings is 1. The number of rotatable bonds is 9. The minimum Gasteiger partial charge on any atom is -0.455 e. The highest BCUT2D eigenvalue weighted by Gasteiger charge is 2.27. The molecular formula is C33H31NO4S. The number of carbonyl (C=O) groups is 1. The molecule has 0 unspecified atom stereocenters. The Kier molecular flexibility index (Phi) is 7.40. The minimum absolute atomic E-state index is 0.0277. The average molecular weight is 538 g/mol. The Morgan fingerprint density at radius 2 is 1.49 bits per heavy atom. The van der Waals surface area contributed by atoms with Gasteiger partial charge < -0.3 is 4.42 Å². The topological polar surface area (TPSA) is 67.6 Å². The third-order valence-electron chi connectivity index (χ3n) is 6.92. The van der Waals surface area contributed by atoms with Crippen molar-refractivity contribution >= 4 is 32.5 Å². The number of hydrogen-bond donors (Lipinski definition) is 0. The van der Waals surface area contributed by atoms with E-state index in [1.54, 1.807) is 6.07 Å². The van der Waals surface area contributed by atoms with Crippen LogP contribution in [0.5, 0.6) is 0 Å². The van der Waals surface area contributed by atoms with Crippen LogP contribution in [0.15, 0.2) is 101 Å². The van der Waals surface area contributed by atoms with E-state index in [4.69, 9.17) is 4.42 Å². The van der Waals surface area contributed by atoms with Gasteiger partial charge in [-0.2, -0.15) is 0 Å². The maximum Gasteiger partial charge on any atom is 0.232 e. The van der Waals surface area contributed by atoms with Gasteiger partial charge >= 0.3 is 0 Å². The van der Waals surface area contributed by atoms with Crippen LogP contribution in [0.25, 0.3) is 33.4 Å². The molecular weight excluding hydrogens is 506 g/mol. The first-order chi connectivity index (χ1) is 18.8. The van der Waals surface area contributed by atoms with Gasteiger partial charge in [-0.3, -0.25) is 9.10 Å². The molecule has 0 saturated heterocycles. The zero-order valence-electron chi connectivity index (χ0n) is 22.3. The second-order valence-corrected chi connectivity index (χ2v) is 11.7. The lowest BCUT2D eigenvalue weighted by molar-refractivity contribution is 0.0989. The van der Waals surface area contributed by atoms with Crippen LogP contribution in [0.3, 0.4) is 0 Å². The number of sulfonamides is 1. The van der Waals surface area contributed by atoms with Crippen molar-refractivity contribution < 1.29 is 17.6 Å².